The van der Waals surface area contributed by atoms with Crippen LogP contribution in [0.5, 0.6) is 0 Å². The number of aromatic nitrogens is 1. The fourth-order valence-corrected chi connectivity index (χ4v) is 1.45. The van der Waals surface area contributed by atoms with Crippen LogP contribution in [-0.2, 0) is 4.74 Å². The van der Waals surface area contributed by atoms with E-state index in [0.717, 1.165) is 0 Å². The largest absolute Gasteiger partial charge is 0.477 e. The quantitative estimate of drug-likeness (QED) is 0.814. The van der Waals surface area contributed by atoms with E-state index in [1.54, 1.807) is 13.8 Å². The van der Waals surface area contributed by atoms with Crippen molar-refractivity contribution in [2.75, 3.05) is 13.7 Å². The number of hydrogen-bond donors (Lipinski definition) is 2. The fraction of sp³-hybridized carbons (Fsp3) is 0.417. The van der Waals surface area contributed by atoms with Crippen molar-refractivity contribution >= 4 is 11.9 Å². The number of rotatable bonds is 5. The maximum Gasteiger partial charge on any atom is 0.354 e. The predicted molar refractivity (Wildman–Crippen MR) is 64.6 cm³/mol. The summed E-state index contributed by atoms with van der Waals surface area (Å²) in [7, 11) is 1.54. The van der Waals surface area contributed by atoms with Crippen molar-refractivity contribution < 1.29 is 19.4 Å². The fourth-order valence-electron chi connectivity index (χ4n) is 1.45. The highest BCUT2D eigenvalue weighted by molar-refractivity contribution is 5.94. The van der Waals surface area contributed by atoms with Gasteiger partial charge in [-0.25, -0.2) is 9.78 Å². The van der Waals surface area contributed by atoms with E-state index >= 15 is 0 Å². The van der Waals surface area contributed by atoms with Gasteiger partial charge in [-0.1, -0.05) is 6.07 Å². The van der Waals surface area contributed by atoms with Crippen LogP contribution in [0, 0.1) is 0 Å². The number of carbonyl (C=O) groups excluding carboxylic acids is 1. The van der Waals surface area contributed by atoms with E-state index in [9.17, 15) is 9.59 Å². The third kappa shape index (κ3) is 3.81. The van der Waals surface area contributed by atoms with Gasteiger partial charge >= 0.3 is 5.97 Å². The molecule has 0 aliphatic rings. The van der Waals surface area contributed by atoms with Gasteiger partial charge in [0.05, 0.1) is 12.1 Å². The van der Waals surface area contributed by atoms with Gasteiger partial charge in [0.2, 0.25) is 0 Å². The summed E-state index contributed by atoms with van der Waals surface area (Å²) < 4.78 is 4.98. The van der Waals surface area contributed by atoms with Crippen LogP contribution >= 0.6 is 0 Å². The lowest BCUT2D eigenvalue weighted by molar-refractivity contribution is 0.0690. The molecule has 0 spiro atoms. The number of carboxylic acids is 1. The zero-order valence-corrected chi connectivity index (χ0v) is 10.6. The van der Waals surface area contributed by atoms with E-state index in [-0.39, 0.29) is 11.4 Å². The lowest BCUT2D eigenvalue weighted by atomic mass is 10.1. The first-order valence-electron chi connectivity index (χ1n) is 5.37. The van der Waals surface area contributed by atoms with Crippen molar-refractivity contribution in [2.24, 2.45) is 0 Å². The van der Waals surface area contributed by atoms with Crippen molar-refractivity contribution in [3.8, 4) is 0 Å². The molecular weight excluding hydrogens is 236 g/mol. The zero-order valence-electron chi connectivity index (χ0n) is 10.6. The van der Waals surface area contributed by atoms with Crippen LogP contribution in [0.15, 0.2) is 18.2 Å². The minimum atomic E-state index is -1.17. The number of aromatic carboxylic acids is 1. The van der Waals surface area contributed by atoms with E-state index in [4.69, 9.17) is 9.84 Å². The second kappa shape index (κ2) is 5.59. The molecule has 6 heteroatoms. The van der Waals surface area contributed by atoms with Crippen molar-refractivity contribution in [1.29, 1.82) is 0 Å². The Labute approximate surface area is 105 Å². The van der Waals surface area contributed by atoms with Gasteiger partial charge in [-0.2, -0.15) is 0 Å². The van der Waals surface area contributed by atoms with Gasteiger partial charge in [0, 0.05) is 7.11 Å². The van der Waals surface area contributed by atoms with Gasteiger partial charge in [0.15, 0.2) is 0 Å². The van der Waals surface area contributed by atoms with Gasteiger partial charge < -0.3 is 15.2 Å². The molecule has 0 aliphatic heterocycles. The lowest BCUT2D eigenvalue weighted by Crippen LogP contribution is -2.47. The normalized spacial score (nSPS) is 11.1. The number of methoxy groups -OCH3 is 1. The van der Waals surface area contributed by atoms with Crippen LogP contribution in [0.1, 0.15) is 34.8 Å². The summed E-state index contributed by atoms with van der Waals surface area (Å²) in [6.45, 7) is 3.95. The topological polar surface area (TPSA) is 88.5 Å². The molecule has 1 amide bonds. The van der Waals surface area contributed by atoms with Crippen LogP contribution in [0.4, 0.5) is 0 Å². The Hall–Kier alpha value is -1.95. The van der Waals surface area contributed by atoms with Crippen LogP contribution in [0.3, 0.4) is 0 Å². The molecule has 18 heavy (non-hydrogen) atoms. The molecule has 98 valence electrons. The Morgan fingerprint density at radius 3 is 2.56 bits per heavy atom. The molecule has 1 rings (SSSR count). The minimum Gasteiger partial charge on any atom is -0.477 e. The van der Waals surface area contributed by atoms with Gasteiger partial charge in [-0.05, 0) is 26.0 Å². The first-order valence-corrected chi connectivity index (χ1v) is 5.37. The van der Waals surface area contributed by atoms with Gasteiger partial charge in [-0.3, -0.25) is 4.79 Å². The molecule has 1 aromatic rings. The number of carbonyl (C=O) groups is 2. The lowest BCUT2D eigenvalue weighted by Gasteiger charge is -2.24. The van der Waals surface area contributed by atoms with Gasteiger partial charge in [0.1, 0.15) is 11.4 Å². The van der Waals surface area contributed by atoms with Crippen LogP contribution in [0.25, 0.3) is 0 Å². The summed E-state index contributed by atoms with van der Waals surface area (Å²) >= 11 is 0. The second-order valence-corrected chi connectivity index (χ2v) is 4.48. The van der Waals surface area contributed by atoms with Crippen molar-refractivity contribution in [2.45, 2.75) is 19.4 Å². The Balaban J connectivity index is 2.84. The SMILES string of the molecule is COCC(C)(C)NC(=O)c1cccc(C(=O)O)n1. The molecule has 0 unspecified atom stereocenters. The number of hydrogen-bond acceptors (Lipinski definition) is 4. The average Bonchev–Trinajstić information content (AvgIpc) is 2.28. The summed E-state index contributed by atoms with van der Waals surface area (Å²) in [5, 5.41) is 11.5. The third-order valence-corrected chi connectivity index (χ3v) is 2.16. The molecule has 1 heterocycles. The first kappa shape index (κ1) is 14.1. The van der Waals surface area contributed by atoms with Crippen molar-refractivity contribution in [1.82, 2.24) is 10.3 Å². The number of ether oxygens (including phenoxy) is 1. The number of carboxylic acid groups (broad SMARTS) is 1. The summed E-state index contributed by atoms with van der Waals surface area (Å²) in [6, 6.07) is 4.28. The highest BCUT2D eigenvalue weighted by atomic mass is 16.5. The monoisotopic (exact) mass is 252 g/mol. The third-order valence-electron chi connectivity index (χ3n) is 2.16. The van der Waals surface area contributed by atoms with E-state index in [0.29, 0.717) is 6.61 Å². The molecule has 0 aliphatic carbocycles. The number of amides is 1. The minimum absolute atomic E-state index is 0.0686. The molecule has 1 aromatic heterocycles. The van der Waals surface area contributed by atoms with Crippen molar-refractivity contribution in [3.05, 3.63) is 29.6 Å². The summed E-state index contributed by atoms with van der Waals surface area (Å²) in [6.07, 6.45) is 0. The zero-order chi connectivity index (χ0) is 13.8. The smallest absolute Gasteiger partial charge is 0.354 e. The summed E-state index contributed by atoms with van der Waals surface area (Å²) in [4.78, 5) is 26.4. The van der Waals surface area contributed by atoms with Gasteiger partial charge in [-0.15, -0.1) is 0 Å². The molecular formula is C12H16N2O4. The summed E-state index contributed by atoms with van der Waals surface area (Å²) in [5.74, 6) is -1.60. The Kier molecular flexibility index (Phi) is 4.38. The standard InChI is InChI=1S/C12H16N2O4/c1-12(2,7-18-3)14-10(15)8-5-4-6-9(13-8)11(16)17/h4-6H,7H2,1-3H3,(H,14,15)(H,16,17). The molecule has 0 radical (unpaired) electrons. The molecule has 0 atom stereocenters. The second-order valence-electron chi connectivity index (χ2n) is 4.48. The Morgan fingerprint density at radius 2 is 2.00 bits per heavy atom. The van der Waals surface area contributed by atoms with Gasteiger partial charge in [0.25, 0.3) is 5.91 Å². The van der Waals surface area contributed by atoms with E-state index in [1.165, 1.54) is 25.3 Å². The Morgan fingerprint density at radius 1 is 1.39 bits per heavy atom. The molecule has 0 aromatic carbocycles. The van der Waals surface area contributed by atoms with Crippen molar-refractivity contribution in [3.63, 3.8) is 0 Å². The number of nitrogens with zero attached hydrogens (tertiary/aromatic N) is 1. The van der Waals surface area contributed by atoms with E-state index < -0.39 is 17.4 Å². The predicted octanol–water partition coefficient (Wildman–Crippen LogP) is 0.935. The molecule has 0 bridgehead atoms. The highest BCUT2D eigenvalue weighted by Crippen LogP contribution is 2.06. The van der Waals surface area contributed by atoms with Crippen LogP contribution in [-0.4, -0.2) is 41.2 Å². The first-order chi connectivity index (χ1) is 8.35. The number of nitrogens with one attached hydrogen (secondary N) is 1. The van der Waals surface area contributed by atoms with E-state index in [1.807, 2.05) is 0 Å². The van der Waals surface area contributed by atoms with E-state index in [2.05, 4.69) is 10.3 Å². The highest BCUT2D eigenvalue weighted by Gasteiger charge is 2.22. The molecule has 6 nitrogen and oxygen atoms in total. The maximum absolute atomic E-state index is 11.9. The van der Waals surface area contributed by atoms with Crippen LogP contribution in [0.2, 0.25) is 0 Å². The number of pyridine rings is 1. The maximum atomic E-state index is 11.9. The average molecular weight is 252 g/mol. The molecule has 0 saturated heterocycles. The van der Waals surface area contributed by atoms with Crippen LogP contribution < -0.4 is 5.32 Å². The molecule has 0 fully saturated rings. The Bertz CT molecular complexity index is 457. The summed E-state index contributed by atoms with van der Waals surface area (Å²) in [5.41, 5.74) is -0.640. The molecule has 2 N–H and O–H groups in total. The molecule has 0 saturated carbocycles.